The van der Waals surface area contributed by atoms with Crippen LogP contribution in [0.15, 0.2) is 54.6 Å². The van der Waals surface area contributed by atoms with Crippen LogP contribution in [0.5, 0.6) is 5.75 Å². The van der Waals surface area contributed by atoms with E-state index < -0.39 is 0 Å². The van der Waals surface area contributed by atoms with E-state index in [0.29, 0.717) is 18.7 Å². The standard InChI is InChI=1S/C20H23NO3/c1-23-18-11-9-17(10-12-18)20(22)21-13-5-8-19(14-21)24-15-16-6-3-2-4-7-16/h2-4,6-7,9-12,19H,5,8,13-15H2,1H3. The molecule has 0 saturated carbocycles. The van der Waals surface area contributed by atoms with Crippen molar-refractivity contribution in [2.24, 2.45) is 0 Å². The van der Waals surface area contributed by atoms with E-state index in [9.17, 15) is 4.79 Å². The maximum Gasteiger partial charge on any atom is 0.253 e. The molecular weight excluding hydrogens is 302 g/mol. The van der Waals surface area contributed by atoms with E-state index in [4.69, 9.17) is 9.47 Å². The average molecular weight is 325 g/mol. The van der Waals surface area contributed by atoms with E-state index in [1.165, 1.54) is 0 Å². The Balaban J connectivity index is 1.57. The Morgan fingerprint density at radius 1 is 1.12 bits per heavy atom. The van der Waals surface area contributed by atoms with Gasteiger partial charge in [-0.3, -0.25) is 4.79 Å². The van der Waals surface area contributed by atoms with Gasteiger partial charge in [0.25, 0.3) is 5.91 Å². The number of methoxy groups -OCH3 is 1. The van der Waals surface area contributed by atoms with Crippen molar-refractivity contribution < 1.29 is 14.3 Å². The molecule has 4 heteroatoms. The van der Waals surface area contributed by atoms with Gasteiger partial charge in [-0.2, -0.15) is 0 Å². The number of hydrogen-bond donors (Lipinski definition) is 0. The number of rotatable bonds is 5. The molecule has 1 fully saturated rings. The fraction of sp³-hybridized carbons (Fsp3) is 0.350. The van der Waals surface area contributed by atoms with Crippen LogP contribution in [0.4, 0.5) is 0 Å². The predicted molar refractivity (Wildman–Crippen MR) is 93.2 cm³/mol. The number of carbonyl (C=O) groups is 1. The summed E-state index contributed by atoms with van der Waals surface area (Å²) in [6.45, 7) is 2.03. The molecule has 0 spiro atoms. The largest absolute Gasteiger partial charge is 0.497 e. The molecule has 1 atom stereocenters. The molecular formula is C20H23NO3. The van der Waals surface area contributed by atoms with E-state index in [1.807, 2.05) is 47.4 Å². The average Bonchev–Trinajstić information content (AvgIpc) is 2.67. The Kier molecular flexibility index (Phi) is 5.49. The minimum Gasteiger partial charge on any atom is -0.497 e. The summed E-state index contributed by atoms with van der Waals surface area (Å²) >= 11 is 0. The lowest BCUT2D eigenvalue weighted by Gasteiger charge is -2.32. The van der Waals surface area contributed by atoms with E-state index in [1.54, 1.807) is 7.11 Å². The minimum absolute atomic E-state index is 0.0608. The van der Waals surface area contributed by atoms with Gasteiger partial charge in [0.1, 0.15) is 5.75 Å². The quantitative estimate of drug-likeness (QED) is 0.844. The van der Waals surface area contributed by atoms with Gasteiger partial charge in [0, 0.05) is 18.7 Å². The monoisotopic (exact) mass is 325 g/mol. The van der Waals surface area contributed by atoms with Crippen LogP contribution in [-0.4, -0.2) is 37.1 Å². The van der Waals surface area contributed by atoms with Crippen LogP contribution in [0.3, 0.4) is 0 Å². The van der Waals surface area contributed by atoms with Gasteiger partial charge in [0.05, 0.1) is 19.8 Å². The number of carbonyl (C=O) groups excluding carboxylic acids is 1. The third-order valence-electron chi connectivity index (χ3n) is 4.33. The van der Waals surface area contributed by atoms with Gasteiger partial charge in [-0.15, -0.1) is 0 Å². The van der Waals surface area contributed by atoms with Crippen LogP contribution in [0, 0.1) is 0 Å². The highest BCUT2D eigenvalue weighted by Crippen LogP contribution is 2.19. The smallest absolute Gasteiger partial charge is 0.253 e. The van der Waals surface area contributed by atoms with Crippen molar-refractivity contribution in [2.75, 3.05) is 20.2 Å². The third-order valence-corrected chi connectivity index (χ3v) is 4.33. The van der Waals surface area contributed by atoms with Crippen molar-refractivity contribution in [3.63, 3.8) is 0 Å². The number of hydrogen-bond acceptors (Lipinski definition) is 3. The highest BCUT2D eigenvalue weighted by atomic mass is 16.5. The van der Waals surface area contributed by atoms with Gasteiger partial charge < -0.3 is 14.4 Å². The number of ether oxygens (including phenoxy) is 2. The molecule has 1 amide bonds. The van der Waals surface area contributed by atoms with Gasteiger partial charge in [0.2, 0.25) is 0 Å². The first-order valence-electron chi connectivity index (χ1n) is 8.35. The lowest BCUT2D eigenvalue weighted by Crippen LogP contribution is -2.43. The zero-order valence-corrected chi connectivity index (χ0v) is 14.0. The summed E-state index contributed by atoms with van der Waals surface area (Å²) in [6, 6.07) is 17.4. The summed E-state index contributed by atoms with van der Waals surface area (Å²) in [5.41, 5.74) is 1.86. The molecule has 3 rings (SSSR count). The molecule has 1 aliphatic heterocycles. The number of likely N-dealkylation sites (tertiary alicyclic amines) is 1. The Hall–Kier alpha value is -2.33. The zero-order valence-electron chi connectivity index (χ0n) is 14.0. The maximum atomic E-state index is 12.6. The zero-order chi connectivity index (χ0) is 16.8. The van der Waals surface area contributed by atoms with Crippen molar-refractivity contribution in [2.45, 2.75) is 25.6 Å². The molecule has 1 heterocycles. The first kappa shape index (κ1) is 16.5. The van der Waals surface area contributed by atoms with Crippen LogP contribution in [0.25, 0.3) is 0 Å². The minimum atomic E-state index is 0.0608. The molecule has 2 aromatic rings. The molecule has 0 bridgehead atoms. The van der Waals surface area contributed by atoms with Crippen molar-refractivity contribution in [1.29, 1.82) is 0 Å². The summed E-state index contributed by atoms with van der Waals surface area (Å²) < 4.78 is 11.1. The molecule has 1 saturated heterocycles. The topological polar surface area (TPSA) is 38.8 Å². The highest BCUT2D eigenvalue weighted by molar-refractivity contribution is 5.94. The van der Waals surface area contributed by atoms with Crippen LogP contribution < -0.4 is 4.74 Å². The summed E-state index contributed by atoms with van der Waals surface area (Å²) in [7, 11) is 1.62. The summed E-state index contributed by atoms with van der Waals surface area (Å²) in [4.78, 5) is 14.5. The van der Waals surface area contributed by atoms with E-state index in [-0.39, 0.29) is 12.0 Å². The molecule has 1 aliphatic rings. The fourth-order valence-electron chi connectivity index (χ4n) is 2.96. The number of amides is 1. The van der Waals surface area contributed by atoms with Crippen LogP contribution >= 0.6 is 0 Å². The first-order chi connectivity index (χ1) is 11.8. The fourth-order valence-corrected chi connectivity index (χ4v) is 2.96. The molecule has 0 radical (unpaired) electrons. The second-order valence-corrected chi connectivity index (χ2v) is 6.04. The molecule has 0 aliphatic carbocycles. The lowest BCUT2D eigenvalue weighted by atomic mass is 10.1. The molecule has 24 heavy (non-hydrogen) atoms. The highest BCUT2D eigenvalue weighted by Gasteiger charge is 2.25. The number of nitrogens with zero attached hydrogens (tertiary/aromatic N) is 1. The second-order valence-electron chi connectivity index (χ2n) is 6.04. The normalized spacial score (nSPS) is 17.5. The van der Waals surface area contributed by atoms with Crippen LogP contribution in [-0.2, 0) is 11.3 Å². The van der Waals surface area contributed by atoms with Crippen molar-refractivity contribution >= 4 is 5.91 Å². The van der Waals surface area contributed by atoms with E-state index >= 15 is 0 Å². The summed E-state index contributed by atoms with van der Waals surface area (Å²) in [5, 5.41) is 0. The number of piperidine rings is 1. The maximum absolute atomic E-state index is 12.6. The second kappa shape index (κ2) is 7.97. The predicted octanol–water partition coefficient (Wildman–Crippen LogP) is 3.52. The Morgan fingerprint density at radius 2 is 1.88 bits per heavy atom. The van der Waals surface area contributed by atoms with Crippen LogP contribution in [0.1, 0.15) is 28.8 Å². The molecule has 126 valence electrons. The van der Waals surface area contributed by atoms with Gasteiger partial charge in [0.15, 0.2) is 0 Å². The van der Waals surface area contributed by atoms with Crippen LogP contribution in [0.2, 0.25) is 0 Å². The van der Waals surface area contributed by atoms with Crippen molar-refractivity contribution in [3.05, 3.63) is 65.7 Å². The van der Waals surface area contributed by atoms with Gasteiger partial charge >= 0.3 is 0 Å². The first-order valence-corrected chi connectivity index (χ1v) is 8.35. The van der Waals surface area contributed by atoms with Crippen molar-refractivity contribution in [3.8, 4) is 5.75 Å². The van der Waals surface area contributed by atoms with E-state index in [2.05, 4.69) is 12.1 Å². The summed E-state index contributed by atoms with van der Waals surface area (Å²) in [5.74, 6) is 0.819. The van der Waals surface area contributed by atoms with E-state index in [0.717, 1.165) is 30.7 Å². The lowest BCUT2D eigenvalue weighted by molar-refractivity contribution is -0.00672. The number of benzene rings is 2. The molecule has 2 aromatic carbocycles. The molecule has 4 nitrogen and oxygen atoms in total. The third kappa shape index (κ3) is 4.15. The van der Waals surface area contributed by atoms with Gasteiger partial charge in [-0.05, 0) is 42.7 Å². The molecule has 0 aromatic heterocycles. The van der Waals surface area contributed by atoms with Gasteiger partial charge in [-0.25, -0.2) is 0 Å². The Morgan fingerprint density at radius 3 is 2.58 bits per heavy atom. The summed E-state index contributed by atoms with van der Waals surface area (Å²) in [6.07, 6.45) is 2.07. The Bertz CT molecular complexity index is 654. The van der Waals surface area contributed by atoms with Gasteiger partial charge in [-0.1, -0.05) is 30.3 Å². The molecule has 1 unspecified atom stereocenters. The Labute approximate surface area is 143 Å². The van der Waals surface area contributed by atoms with Crippen molar-refractivity contribution in [1.82, 2.24) is 4.90 Å². The SMILES string of the molecule is COc1ccc(C(=O)N2CCCC(OCc3ccccc3)C2)cc1. The molecule has 0 N–H and O–H groups in total.